The predicted molar refractivity (Wildman–Crippen MR) is 127 cm³/mol. The standard InChI is InChI=1S/C21H13Cl5N4O2/c22-11-5-10(6-12(23)7-11)17-18(21(17,25)26)20(32)29-13-1-2-15(24)14(8-13)19(31)30-16-3-4-27-9-28-16/h1-9,17-18H,(H,29,32)(H,27,28,30,31)/t17-,18+/m1/s1. The summed E-state index contributed by atoms with van der Waals surface area (Å²) in [6.45, 7) is 0. The van der Waals surface area contributed by atoms with Crippen molar-refractivity contribution in [2.75, 3.05) is 10.6 Å². The maximum atomic E-state index is 12.9. The zero-order valence-electron chi connectivity index (χ0n) is 16.0. The van der Waals surface area contributed by atoms with Crippen LogP contribution in [0.2, 0.25) is 15.1 Å². The Morgan fingerprint density at radius 2 is 1.66 bits per heavy atom. The molecule has 32 heavy (non-hydrogen) atoms. The quantitative estimate of drug-likeness (QED) is 0.384. The summed E-state index contributed by atoms with van der Waals surface area (Å²) in [6, 6.07) is 11.0. The van der Waals surface area contributed by atoms with Gasteiger partial charge in [-0.1, -0.05) is 34.8 Å². The molecule has 0 bridgehead atoms. The first-order valence-electron chi connectivity index (χ1n) is 9.18. The lowest BCUT2D eigenvalue weighted by molar-refractivity contribution is -0.117. The van der Waals surface area contributed by atoms with Crippen molar-refractivity contribution in [3.8, 4) is 0 Å². The summed E-state index contributed by atoms with van der Waals surface area (Å²) in [6.07, 6.45) is 2.79. The fraction of sp³-hybridized carbons (Fsp3) is 0.143. The molecule has 1 aromatic heterocycles. The molecule has 2 N–H and O–H groups in total. The van der Waals surface area contributed by atoms with Gasteiger partial charge in [0.05, 0.1) is 16.5 Å². The first-order valence-corrected chi connectivity index (χ1v) is 11.1. The number of rotatable bonds is 5. The number of hydrogen-bond acceptors (Lipinski definition) is 4. The van der Waals surface area contributed by atoms with Gasteiger partial charge in [-0.05, 0) is 48.0 Å². The molecule has 1 fully saturated rings. The number of alkyl halides is 2. The third-order valence-electron chi connectivity index (χ3n) is 4.88. The highest BCUT2D eigenvalue weighted by molar-refractivity contribution is 6.53. The fourth-order valence-electron chi connectivity index (χ4n) is 3.37. The number of carbonyl (C=O) groups is 2. The van der Waals surface area contributed by atoms with Crippen molar-refractivity contribution >= 4 is 81.3 Å². The van der Waals surface area contributed by atoms with Crippen LogP contribution in [0.3, 0.4) is 0 Å². The number of carbonyl (C=O) groups excluding carboxylic acids is 2. The van der Waals surface area contributed by atoms with E-state index in [-0.39, 0.29) is 10.6 Å². The third kappa shape index (κ3) is 4.80. The Balaban J connectivity index is 1.51. The van der Waals surface area contributed by atoms with Crippen LogP contribution < -0.4 is 10.6 Å². The fourth-order valence-corrected chi connectivity index (χ4v) is 4.94. The number of anilines is 2. The summed E-state index contributed by atoms with van der Waals surface area (Å²) in [5.74, 6) is -1.83. The van der Waals surface area contributed by atoms with Gasteiger partial charge in [-0.25, -0.2) is 9.97 Å². The van der Waals surface area contributed by atoms with Crippen LogP contribution in [0.15, 0.2) is 55.0 Å². The maximum absolute atomic E-state index is 12.9. The molecule has 0 unspecified atom stereocenters. The first-order chi connectivity index (χ1) is 15.2. The Kier molecular flexibility index (Phi) is 6.52. The Morgan fingerprint density at radius 1 is 0.938 bits per heavy atom. The van der Waals surface area contributed by atoms with Gasteiger partial charge in [0.25, 0.3) is 5.91 Å². The SMILES string of the molecule is O=C(Nc1ccncn1)c1cc(NC(=O)[C@@H]2[C@@H](c3cc(Cl)cc(Cl)c3)C2(Cl)Cl)ccc1Cl. The Labute approximate surface area is 208 Å². The van der Waals surface area contributed by atoms with E-state index in [1.165, 1.54) is 30.7 Å². The number of halogens is 5. The van der Waals surface area contributed by atoms with Gasteiger partial charge >= 0.3 is 0 Å². The normalized spacial score (nSPS) is 18.7. The summed E-state index contributed by atoms with van der Waals surface area (Å²) in [7, 11) is 0. The molecule has 0 spiro atoms. The average Bonchev–Trinajstić information content (AvgIpc) is 3.31. The van der Waals surface area contributed by atoms with E-state index < -0.39 is 28.0 Å². The van der Waals surface area contributed by atoms with Gasteiger partial charge < -0.3 is 10.6 Å². The van der Waals surface area contributed by atoms with Crippen molar-refractivity contribution < 1.29 is 9.59 Å². The number of benzene rings is 2. The van der Waals surface area contributed by atoms with Crippen LogP contribution in [-0.4, -0.2) is 26.1 Å². The molecular weight excluding hydrogens is 518 g/mol. The van der Waals surface area contributed by atoms with Crippen molar-refractivity contribution in [1.82, 2.24) is 9.97 Å². The minimum atomic E-state index is -1.32. The molecule has 11 heteroatoms. The lowest BCUT2D eigenvalue weighted by Crippen LogP contribution is -2.18. The first kappa shape index (κ1) is 23.1. The van der Waals surface area contributed by atoms with Gasteiger partial charge in [-0.3, -0.25) is 9.59 Å². The minimum absolute atomic E-state index is 0.153. The highest BCUT2D eigenvalue weighted by Crippen LogP contribution is 2.65. The Morgan fingerprint density at radius 3 is 2.31 bits per heavy atom. The van der Waals surface area contributed by atoms with Crippen molar-refractivity contribution in [1.29, 1.82) is 0 Å². The second-order valence-electron chi connectivity index (χ2n) is 7.07. The molecule has 4 rings (SSSR count). The Bertz CT molecular complexity index is 1190. The van der Waals surface area contributed by atoms with Gasteiger partial charge in [0.1, 0.15) is 16.5 Å². The molecule has 164 valence electrons. The molecule has 1 aliphatic rings. The number of amides is 2. The monoisotopic (exact) mass is 528 g/mol. The van der Waals surface area contributed by atoms with Crippen LogP contribution >= 0.6 is 58.0 Å². The summed E-state index contributed by atoms with van der Waals surface area (Å²) in [5.41, 5.74) is 1.17. The van der Waals surface area contributed by atoms with Crippen LogP contribution in [-0.2, 0) is 4.79 Å². The van der Waals surface area contributed by atoms with Crippen LogP contribution in [0.4, 0.5) is 11.5 Å². The topological polar surface area (TPSA) is 84.0 Å². The van der Waals surface area contributed by atoms with E-state index >= 15 is 0 Å². The predicted octanol–water partition coefficient (Wildman–Crippen LogP) is 6.22. The van der Waals surface area contributed by atoms with Crippen LogP contribution in [0.25, 0.3) is 0 Å². The zero-order valence-corrected chi connectivity index (χ0v) is 19.7. The molecular formula is C21H13Cl5N4O2. The number of hydrogen-bond donors (Lipinski definition) is 2. The van der Waals surface area contributed by atoms with Crippen molar-refractivity contribution in [3.63, 3.8) is 0 Å². The highest BCUT2D eigenvalue weighted by Gasteiger charge is 2.67. The molecule has 3 aromatic rings. The lowest BCUT2D eigenvalue weighted by atomic mass is 10.1. The van der Waals surface area contributed by atoms with E-state index in [1.54, 1.807) is 24.3 Å². The molecule has 1 heterocycles. The van der Waals surface area contributed by atoms with E-state index in [9.17, 15) is 9.59 Å². The van der Waals surface area contributed by atoms with E-state index in [4.69, 9.17) is 58.0 Å². The largest absolute Gasteiger partial charge is 0.326 e. The summed E-state index contributed by atoms with van der Waals surface area (Å²) in [5, 5.41) is 6.39. The van der Waals surface area contributed by atoms with Gasteiger partial charge in [0, 0.05) is 27.8 Å². The molecule has 2 atom stereocenters. The summed E-state index contributed by atoms with van der Waals surface area (Å²) in [4.78, 5) is 33.2. The van der Waals surface area contributed by atoms with Crippen LogP contribution in [0, 0.1) is 5.92 Å². The summed E-state index contributed by atoms with van der Waals surface area (Å²) < 4.78 is -1.32. The molecule has 2 aromatic carbocycles. The van der Waals surface area contributed by atoms with Crippen molar-refractivity contribution in [2.24, 2.45) is 5.92 Å². The lowest BCUT2D eigenvalue weighted by Gasteiger charge is -2.10. The number of aromatic nitrogens is 2. The molecule has 2 amide bonds. The van der Waals surface area contributed by atoms with Crippen LogP contribution in [0.1, 0.15) is 21.8 Å². The van der Waals surface area contributed by atoms with Crippen LogP contribution in [0.5, 0.6) is 0 Å². The van der Waals surface area contributed by atoms with Gasteiger partial charge in [0.2, 0.25) is 5.91 Å². The van der Waals surface area contributed by atoms with E-state index in [2.05, 4.69) is 20.6 Å². The van der Waals surface area contributed by atoms with E-state index in [0.29, 0.717) is 27.1 Å². The van der Waals surface area contributed by atoms with Crippen molar-refractivity contribution in [3.05, 3.63) is 81.2 Å². The third-order valence-corrected chi connectivity index (χ3v) is 6.59. The molecule has 1 aliphatic carbocycles. The van der Waals surface area contributed by atoms with Crippen molar-refractivity contribution in [2.45, 2.75) is 10.3 Å². The van der Waals surface area contributed by atoms with Gasteiger partial charge in [-0.2, -0.15) is 0 Å². The highest BCUT2D eigenvalue weighted by atomic mass is 35.5. The smallest absolute Gasteiger partial charge is 0.258 e. The zero-order chi connectivity index (χ0) is 23.0. The molecule has 0 radical (unpaired) electrons. The minimum Gasteiger partial charge on any atom is -0.326 e. The average molecular weight is 531 g/mol. The number of nitrogens with one attached hydrogen (secondary N) is 2. The van der Waals surface area contributed by atoms with Gasteiger partial charge in [0.15, 0.2) is 0 Å². The molecule has 6 nitrogen and oxygen atoms in total. The molecule has 0 aliphatic heterocycles. The van der Waals surface area contributed by atoms with E-state index in [1.807, 2.05) is 0 Å². The van der Waals surface area contributed by atoms with E-state index in [0.717, 1.165) is 0 Å². The summed E-state index contributed by atoms with van der Waals surface area (Å²) >= 11 is 31.1. The van der Waals surface area contributed by atoms with Gasteiger partial charge in [-0.15, -0.1) is 23.2 Å². The number of nitrogens with zero attached hydrogens (tertiary/aromatic N) is 2. The Hall–Kier alpha value is -2.09. The molecule has 0 saturated heterocycles. The maximum Gasteiger partial charge on any atom is 0.258 e. The second-order valence-corrected chi connectivity index (χ2v) is 9.79. The molecule has 1 saturated carbocycles. The second kappa shape index (κ2) is 9.04.